The summed E-state index contributed by atoms with van der Waals surface area (Å²) in [5.41, 5.74) is 0.825. The first-order valence-corrected chi connectivity index (χ1v) is 18.0. The Bertz CT molecular complexity index is 1430. The minimum absolute atomic E-state index is 0.0647. The van der Waals surface area contributed by atoms with Crippen LogP contribution in [0.3, 0.4) is 0 Å². The molecule has 11 nitrogen and oxygen atoms in total. The average Bonchev–Trinajstić information content (AvgIpc) is 3.81. The van der Waals surface area contributed by atoms with E-state index in [1.165, 1.54) is 34.3 Å². The van der Waals surface area contributed by atoms with Gasteiger partial charge in [0.05, 0.1) is 26.0 Å². The van der Waals surface area contributed by atoms with Crippen molar-refractivity contribution in [3.63, 3.8) is 0 Å². The standard InChI is InChI=1S/C37H55N5O6S/c1-11-25(4)33(37(46)42-19-12-13-29(42)34-38-18-20-49-34)41(8)36(45)30(21-24(2)3)40(7)35(44)31(39(6)32(43)22-26(5)47-9)23-27-14-16-28(48-10)17-15-27/h14-18,20,22,24-25,29-31,33H,11-13,19,21,23H2,1-10H3/b26-22+/t25-,29+,30+,31+,33+/m1/s1. The first-order chi connectivity index (χ1) is 23.2. The number of carbonyl (C=O) groups is 4. The Morgan fingerprint density at radius 2 is 1.65 bits per heavy atom. The molecule has 1 aliphatic rings. The molecule has 1 fully saturated rings. The molecule has 270 valence electrons. The van der Waals surface area contributed by atoms with Gasteiger partial charge in [-0.05, 0) is 55.7 Å². The van der Waals surface area contributed by atoms with Gasteiger partial charge in [0.1, 0.15) is 28.9 Å². The number of benzene rings is 1. The minimum atomic E-state index is -0.921. The van der Waals surface area contributed by atoms with Gasteiger partial charge in [0, 0.05) is 51.8 Å². The lowest BCUT2D eigenvalue weighted by molar-refractivity contribution is -0.154. The molecule has 0 radical (unpaired) electrons. The highest BCUT2D eigenvalue weighted by Crippen LogP contribution is 2.35. The maximum atomic E-state index is 14.6. The smallest absolute Gasteiger partial charge is 0.250 e. The minimum Gasteiger partial charge on any atom is -0.501 e. The van der Waals surface area contributed by atoms with Gasteiger partial charge in [-0.1, -0.05) is 46.2 Å². The molecular formula is C37H55N5O6S. The average molecular weight is 698 g/mol. The van der Waals surface area contributed by atoms with E-state index in [1.807, 2.05) is 62.2 Å². The summed E-state index contributed by atoms with van der Waals surface area (Å²) < 4.78 is 10.5. The second-order valence-corrected chi connectivity index (χ2v) is 14.3. The molecule has 0 N–H and O–H groups in total. The van der Waals surface area contributed by atoms with Crippen LogP contribution < -0.4 is 4.74 Å². The van der Waals surface area contributed by atoms with Crippen molar-refractivity contribution >= 4 is 35.0 Å². The lowest BCUT2D eigenvalue weighted by Crippen LogP contribution is -2.59. The topological polar surface area (TPSA) is 113 Å². The summed E-state index contributed by atoms with van der Waals surface area (Å²) in [6.45, 7) is 10.3. The van der Waals surface area contributed by atoms with E-state index in [0.717, 1.165) is 23.4 Å². The highest BCUT2D eigenvalue weighted by Gasteiger charge is 2.43. The van der Waals surface area contributed by atoms with Crippen LogP contribution in [0.2, 0.25) is 0 Å². The maximum absolute atomic E-state index is 14.6. The van der Waals surface area contributed by atoms with Gasteiger partial charge >= 0.3 is 0 Å². The second kappa shape index (κ2) is 18.2. The molecule has 12 heteroatoms. The third kappa shape index (κ3) is 9.83. The van der Waals surface area contributed by atoms with Crippen molar-refractivity contribution in [2.24, 2.45) is 11.8 Å². The van der Waals surface area contributed by atoms with Crippen LogP contribution in [0, 0.1) is 11.8 Å². The number of hydrogen-bond donors (Lipinski definition) is 0. The molecule has 2 heterocycles. The zero-order valence-electron chi connectivity index (χ0n) is 30.8. The number of methoxy groups -OCH3 is 2. The third-order valence-electron chi connectivity index (χ3n) is 9.61. The van der Waals surface area contributed by atoms with E-state index < -0.39 is 24.0 Å². The Kier molecular flexibility index (Phi) is 14.7. The predicted octanol–water partition coefficient (Wildman–Crippen LogP) is 5.18. The number of nitrogens with zero attached hydrogens (tertiary/aromatic N) is 5. The second-order valence-electron chi connectivity index (χ2n) is 13.4. The fraction of sp³-hybridized carbons (Fsp3) is 0.595. The number of rotatable bonds is 16. The highest BCUT2D eigenvalue weighted by molar-refractivity contribution is 7.09. The van der Waals surface area contributed by atoms with Crippen molar-refractivity contribution in [3.05, 3.63) is 58.2 Å². The number of likely N-dealkylation sites (N-methyl/N-ethyl adjacent to an activating group) is 3. The molecule has 1 aliphatic heterocycles. The van der Waals surface area contributed by atoms with Crippen LogP contribution in [0.5, 0.6) is 5.75 Å². The van der Waals surface area contributed by atoms with E-state index >= 15 is 0 Å². The first kappa shape index (κ1) is 39.5. The Morgan fingerprint density at radius 1 is 1.00 bits per heavy atom. The summed E-state index contributed by atoms with van der Waals surface area (Å²) in [5, 5.41) is 2.83. The Labute approximate surface area is 296 Å². The monoisotopic (exact) mass is 697 g/mol. The SMILES string of the molecule is CC[C@@H](C)[C@@H](C(=O)N1CCC[C@H]1c1nccs1)N(C)C(=O)[C@H](CC(C)C)N(C)C(=O)[C@H](Cc1ccc(OC)cc1)N(C)C(=O)/C=C(\C)OC. The summed E-state index contributed by atoms with van der Waals surface area (Å²) in [6.07, 6.45) is 6.10. The molecule has 49 heavy (non-hydrogen) atoms. The highest BCUT2D eigenvalue weighted by atomic mass is 32.1. The van der Waals surface area contributed by atoms with E-state index in [2.05, 4.69) is 4.98 Å². The van der Waals surface area contributed by atoms with Crippen LogP contribution >= 0.6 is 11.3 Å². The van der Waals surface area contributed by atoms with Crippen molar-refractivity contribution in [1.82, 2.24) is 24.6 Å². The molecule has 0 saturated carbocycles. The molecule has 0 bridgehead atoms. The summed E-state index contributed by atoms with van der Waals surface area (Å²) >= 11 is 1.54. The summed E-state index contributed by atoms with van der Waals surface area (Å²) in [6, 6.07) is 4.74. The molecule has 2 aromatic rings. The Hall–Kier alpha value is -3.93. The number of hydrogen-bond acceptors (Lipinski definition) is 8. The van der Waals surface area contributed by atoms with Crippen LogP contribution in [0.25, 0.3) is 0 Å². The van der Waals surface area contributed by atoms with Gasteiger partial charge in [-0.25, -0.2) is 4.98 Å². The normalized spacial score (nSPS) is 17.2. The summed E-state index contributed by atoms with van der Waals surface area (Å²) in [7, 11) is 7.95. The number of ether oxygens (including phenoxy) is 2. The fourth-order valence-electron chi connectivity index (χ4n) is 6.37. The molecule has 1 aromatic carbocycles. The van der Waals surface area contributed by atoms with Gasteiger partial charge in [0.25, 0.3) is 0 Å². The van der Waals surface area contributed by atoms with Crippen molar-refractivity contribution < 1.29 is 28.7 Å². The molecule has 4 amide bonds. The zero-order chi connectivity index (χ0) is 36.4. The third-order valence-corrected chi connectivity index (χ3v) is 10.5. The lowest BCUT2D eigenvalue weighted by Gasteiger charge is -2.40. The lowest BCUT2D eigenvalue weighted by atomic mass is 9.93. The van der Waals surface area contributed by atoms with E-state index in [9.17, 15) is 19.2 Å². The molecule has 1 saturated heterocycles. The van der Waals surface area contributed by atoms with Gasteiger partial charge in [0.2, 0.25) is 23.6 Å². The van der Waals surface area contributed by atoms with Crippen molar-refractivity contribution in [2.75, 3.05) is 41.9 Å². The first-order valence-electron chi connectivity index (χ1n) is 17.1. The largest absolute Gasteiger partial charge is 0.501 e. The van der Waals surface area contributed by atoms with Crippen LogP contribution in [-0.4, -0.2) is 108 Å². The molecule has 0 aliphatic carbocycles. The van der Waals surface area contributed by atoms with E-state index in [0.29, 0.717) is 30.9 Å². The van der Waals surface area contributed by atoms with Gasteiger partial charge in [0.15, 0.2) is 0 Å². The van der Waals surface area contributed by atoms with Gasteiger partial charge in [-0.3, -0.25) is 19.2 Å². The maximum Gasteiger partial charge on any atom is 0.250 e. The van der Waals surface area contributed by atoms with E-state index in [1.54, 1.807) is 46.3 Å². The fourth-order valence-corrected chi connectivity index (χ4v) is 7.15. The molecule has 0 unspecified atom stereocenters. The van der Waals surface area contributed by atoms with Gasteiger partial charge in [-0.15, -0.1) is 11.3 Å². The van der Waals surface area contributed by atoms with Crippen LogP contribution in [0.1, 0.15) is 76.9 Å². The van der Waals surface area contributed by atoms with E-state index in [-0.39, 0.29) is 42.0 Å². The summed E-state index contributed by atoms with van der Waals surface area (Å²) in [5.74, 6) is -0.148. The molecule has 5 atom stereocenters. The molecular weight excluding hydrogens is 643 g/mol. The van der Waals surface area contributed by atoms with Crippen molar-refractivity contribution in [2.45, 2.75) is 90.9 Å². The van der Waals surface area contributed by atoms with Crippen LogP contribution in [0.4, 0.5) is 0 Å². The number of thiazole rings is 1. The van der Waals surface area contributed by atoms with Gasteiger partial charge < -0.3 is 29.1 Å². The van der Waals surface area contributed by atoms with Crippen molar-refractivity contribution in [1.29, 1.82) is 0 Å². The number of aromatic nitrogens is 1. The molecule has 1 aromatic heterocycles. The predicted molar refractivity (Wildman–Crippen MR) is 192 cm³/mol. The summed E-state index contributed by atoms with van der Waals surface area (Å²) in [4.78, 5) is 67.6. The molecule has 3 rings (SSSR count). The van der Waals surface area contributed by atoms with Crippen LogP contribution in [-0.2, 0) is 30.3 Å². The number of carbonyl (C=O) groups excluding carboxylic acids is 4. The van der Waals surface area contributed by atoms with Crippen molar-refractivity contribution in [3.8, 4) is 5.75 Å². The quantitative estimate of drug-likeness (QED) is 0.176. The van der Waals surface area contributed by atoms with E-state index in [4.69, 9.17) is 9.47 Å². The molecule has 0 spiro atoms. The number of amides is 4. The number of likely N-dealkylation sites (tertiary alicyclic amines) is 1. The Morgan fingerprint density at radius 3 is 2.20 bits per heavy atom. The van der Waals surface area contributed by atoms with Gasteiger partial charge in [-0.2, -0.15) is 0 Å². The number of allylic oxidation sites excluding steroid dienone is 1. The van der Waals surface area contributed by atoms with Crippen LogP contribution in [0.15, 0.2) is 47.7 Å². The Balaban J connectivity index is 1.97. The zero-order valence-corrected chi connectivity index (χ0v) is 31.7.